The Labute approximate surface area is 103 Å². The number of rotatable bonds is 2. The van der Waals surface area contributed by atoms with Crippen molar-refractivity contribution in [2.45, 2.75) is 24.6 Å². The van der Waals surface area contributed by atoms with Crippen LogP contribution in [0.2, 0.25) is 0 Å². The molecule has 14 heavy (non-hydrogen) atoms. The third-order valence-electron chi connectivity index (χ3n) is 1.71. The fraction of sp³-hybridized carbons (Fsp3) is 1.00. The Morgan fingerprint density at radius 2 is 1.71 bits per heavy atom. The molecule has 3 N–H and O–H groups in total. The van der Waals surface area contributed by atoms with Crippen molar-refractivity contribution in [2.24, 2.45) is 0 Å². The molecule has 1 heterocycles. The zero-order valence-electron chi connectivity index (χ0n) is 7.40. The van der Waals surface area contributed by atoms with Crippen LogP contribution >= 0.6 is 0 Å². The van der Waals surface area contributed by atoms with Crippen LogP contribution in [0.25, 0.3) is 0 Å². The molecule has 4 atom stereocenters. The van der Waals surface area contributed by atoms with Crippen molar-refractivity contribution >= 4 is 10.1 Å². The predicted molar refractivity (Wildman–Crippen MR) is 37.5 cm³/mol. The van der Waals surface area contributed by atoms with E-state index in [0.717, 1.165) is 0 Å². The first-order chi connectivity index (χ1) is 5.81. The summed E-state index contributed by atoms with van der Waals surface area (Å²) in [4.78, 5) is 0. The summed E-state index contributed by atoms with van der Waals surface area (Å²) in [6.45, 7) is 0. The van der Waals surface area contributed by atoms with Crippen LogP contribution in [0.3, 0.4) is 0 Å². The summed E-state index contributed by atoms with van der Waals surface area (Å²) in [7, 11) is -4.54. The normalized spacial score (nSPS) is 38.0. The number of aliphatic hydroxyl groups excluding tert-OH is 3. The molecular formula is C5H9NaO7S. The summed E-state index contributed by atoms with van der Waals surface area (Å²) in [6.07, 6.45) is -6.15. The second-order valence-corrected chi connectivity index (χ2v) is 4.22. The molecule has 1 saturated heterocycles. The summed E-state index contributed by atoms with van der Waals surface area (Å²) in [5, 5.41) is 26.8. The maximum absolute atomic E-state index is 10.2. The van der Waals surface area contributed by atoms with Crippen molar-refractivity contribution in [3.05, 3.63) is 0 Å². The quantitative estimate of drug-likeness (QED) is 0.321. The van der Waals surface area contributed by atoms with E-state index in [4.69, 9.17) is 15.3 Å². The van der Waals surface area contributed by atoms with Crippen molar-refractivity contribution in [1.29, 1.82) is 0 Å². The molecule has 1 fully saturated rings. The molecule has 0 aliphatic carbocycles. The van der Waals surface area contributed by atoms with Crippen LogP contribution in [0.15, 0.2) is 0 Å². The van der Waals surface area contributed by atoms with E-state index in [1.54, 1.807) is 0 Å². The van der Waals surface area contributed by atoms with Crippen molar-refractivity contribution in [2.75, 3.05) is 5.75 Å². The summed E-state index contributed by atoms with van der Waals surface area (Å²) < 4.78 is 35.1. The first-order valence-corrected chi connectivity index (χ1v) is 5.02. The van der Waals surface area contributed by atoms with Crippen LogP contribution in [0, 0.1) is 0 Å². The van der Waals surface area contributed by atoms with Gasteiger partial charge < -0.3 is 24.6 Å². The first-order valence-electron chi connectivity index (χ1n) is 3.44. The molecule has 1 unspecified atom stereocenters. The zero-order valence-corrected chi connectivity index (χ0v) is 10.2. The zero-order chi connectivity index (χ0) is 10.2. The van der Waals surface area contributed by atoms with E-state index >= 15 is 0 Å². The molecule has 1 rings (SSSR count). The molecule has 78 valence electrons. The van der Waals surface area contributed by atoms with Crippen molar-refractivity contribution < 1.29 is 62.6 Å². The van der Waals surface area contributed by atoms with Gasteiger partial charge in [0.1, 0.15) is 18.3 Å². The topological polar surface area (TPSA) is 127 Å². The maximum Gasteiger partial charge on any atom is 1.00 e. The van der Waals surface area contributed by atoms with E-state index < -0.39 is 40.5 Å². The molecule has 1 aliphatic heterocycles. The van der Waals surface area contributed by atoms with Crippen LogP contribution in [0.5, 0.6) is 0 Å². The molecule has 0 saturated carbocycles. The van der Waals surface area contributed by atoms with Gasteiger partial charge in [0.15, 0.2) is 6.29 Å². The van der Waals surface area contributed by atoms with Gasteiger partial charge in [0, 0.05) is 0 Å². The van der Waals surface area contributed by atoms with E-state index in [0.29, 0.717) is 0 Å². The van der Waals surface area contributed by atoms with Crippen LogP contribution in [-0.4, -0.2) is 58.6 Å². The average Bonchev–Trinajstić information content (AvgIpc) is 2.15. The third-order valence-corrected chi connectivity index (χ3v) is 2.44. The van der Waals surface area contributed by atoms with E-state index in [9.17, 15) is 13.0 Å². The van der Waals surface area contributed by atoms with Crippen molar-refractivity contribution in [3.8, 4) is 0 Å². The van der Waals surface area contributed by atoms with Crippen LogP contribution < -0.4 is 29.6 Å². The Balaban J connectivity index is 0.00000169. The molecule has 0 aromatic rings. The fourth-order valence-electron chi connectivity index (χ4n) is 1.07. The minimum atomic E-state index is -4.54. The number of hydrogen-bond donors (Lipinski definition) is 3. The van der Waals surface area contributed by atoms with Gasteiger partial charge in [-0.3, -0.25) is 0 Å². The van der Waals surface area contributed by atoms with Gasteiger partial charge in [0.25, 0.3) is 0 Å². The molecule has 0 spiro atoms. The molecular weight excluding hydrogens is 227 g/mol. The van der Waals surface area contributed by atoms with Gasteiger partial charge >= 0.3 is 29.6 Å². The van der Waals surface area contributed by atoms with Gasteiger partial charge in [-0.15, -0.1) is 0 Å². The minimum absolute atomic E-state index is 0. The fourth-order valence-corrected chi connectivity index (χ4v) is 1.75. The van der Waals surface area contributed by atoms with Gasteiger partial charge in [-0.05, 0) is 0 Å². The molecule has 0 aromatic heterocycles. The van der Waals surface area contributed by atoms with E-state index in [1.165, 1.54) is 0 Å². The SMILES string of the molecule is O=S(=O)([O-])C[C@@H]1OC(O)[C@@H](O)[C@@H]1O.[Na+]. The van der Waals surface area contributed by atoms with Crippen LogP contribution in [0.4, 0.5) is 0 Å². The standard InChI is InChI=1S/C5H10O7S.Na/c6-3-2(1-13(9,10)11)12-5(8)4(3)7;/h2-8H,1H2,(H,9,10,11);/q;+1/p-1/t2-,3+,4-,5?;/m0./s1. The molecule has 0 radical (unpaired) electrons. The Morgan fingerprint density at radius 3 is 2.00 bits per heavy atom. The van der Waals surface area contributed by atoms with Gasteiger partial charge in [-0.25, -0.2) is 8.42 Å². The maximum atomic E-state index is 10.2. The Kier molecular flexibility index (Phi) is 5.47. The summed E-state index contributed by atoms with van der Waals surface area (Å²) in [6, 6.07) is 0. The smallest absolute Gasteiger partial charge is 0.748 e. The molecule has 0 bridgehead atoms. The predicted octanol–water partition coefficient (Wildman–Crippen LogP) is -6.03. The Morgan fingerprint density at radius 1 is 1.21 bits per heavy atom. The first kappa shape index (κ1) is 14.8. The minimum Gasteiger partial charge on any atom is -0.748 e. The monoisotopic (exact) mass is 236 g/mol. The van der Waals surface area contributed by atoms with Gasteiger partial charge in [-0.2, -0.15) is 0 Å². The van der Waals surface area contributed by atoms with Crippen LogP contribution in [-0.2, 0) is 14.9 Å². The summed E-state index contributed by atoms with van der Waals surface area (Å²) in [5.41, 5.74) is 0. The Bertz CT molecular complexity index is 278. The summed E-state index contributed by atoms with van der Waals surface area (Å²) >= 11 is 0. The number of hydrogen-bond acceptors (Lipinski definition) is 7. The second kappa shape index (κ2) is 5.19. The molecule has 1 aliphatic rings. The Hall–Kier alpha value is 0.750. The van der Waals surface area contributed by atoms with Crippen molar-refractivity contribution in [1.82, 2.24) is 0 Å². The number of aliphatic hydroxyl groups is 3. The van der Waals surface area contributed by atoms with Gasteiger partial charge in [0.2, 0.25) is 0 Å². The second-order valence-electron chi connectivity index (χ2n) is 2.77. The molecule has 9 heteroatoms. The molecule has 0 amide bonds. The van der Waals surface area contributed by atoms with E-state index in [2.05, 4.69) is 4.74 Å². The van der Waals surface area contributed by atoms with E-state index in [1.807, 2.05) is 0 Å². The molecule has 0 aromatic carbocycles. The average molecular weight is 236 g/mol. The third kappa shape index (κ3) is 3.72. The number of ether oxygens (including phenoxy) is 1. The van der Waals surface area contributed by atoms with E-state index in [-0.39, 0.29) is 29.6 Å². The van der Waals surface area contributed by atoms with Crippen LogP contribution in [0.1, 0.15) is 0 Å². The van der Waals surface area contributed by atoms with Crippen molar-refractivity contribution in [3.63, 3.8) is 0 Å². The molecule has 7 nitrogen and oxygen atoms in total. The largest absolute Gasteiger partial charge is 1.00 e. The van der Waals surface area contributed by atoms with Gasteiger partial charge in [-0.1, -0.05) is 0 Å². The van der Waals surface area contributed by atoms with Gasteiger partial charge in [0.05, 0.1) is 15.9 Å². The summed E-state index contributed by atoms with van der Waals surface area (Å²) in [5.74, 6) is -0.970.